The van der Waals surface area contributed by atoms with E-state index in [2.05, 4.69) is 98.0 Å². The van der Waals surface area contributed by atoms with Crippen molar-refractivity contribution < 1.29 is 4.74 Å². The van der Waals surface area contributed by atoms with E-state index < -0.39 is 5.54 Å². The summed E-state index contributed by atoms with van der Waals surface area (Å²) in [5.41, 5.74) is 4.42. The molecule has 5 heteroatoms. The summed E-state index contributed by atoms with van der Waals surface area (Å²) >= 11 is 6.32. The van der Waals surface area contributed by atoms with Gasteiger partial charge in [-0.1, -0.05) is 129 Å². The number of nitrogens with zero attached hydrogens (tertiary/aromatic N) is 2. The molecule has 2 heterocycles. The first-order chi connectivity index (χ1) is 19.5. The van der Waals surface area contributed by atoms with Crippen LogP contribution in [0.5, 0.6) is 0 Å². The summed E-state index contributed by atoms with van der Waals surface area (Å²) in [7, 11) is 0. The van der Waals surface area contributed by atoms with E-state index in [0.29, 0.717) is 23.4 Å². The van der Waals surface area contributed by atoms with Crippen molar-refractivity contribution in [3.05, 3.63) is 149 Å². The average molecular weight is 546 g/mol. The van der Waals surface area contributed by atoms with Gasteiger partial charge in [0.2, 0.25) is 11.8 Å². The van der Waals surface area contributed by atoms with Gasteiger partial charge in [0, 0.05) is 17.5 Å². The minimum atomic E-state index is -0.843. The molecule has 4 aromatic carbocycles. The maximum atomic E-state index is 6.73. The van der Waals surface area contributed by atoms with Crippen LogP contribution in [0.25, 0.3) is 5.70 Å². The van der Waals surface area contributed by atoms with Crippen LogP contribution in [0.3, 0.4) is 0 Å². The van der Waals surface area contributed by atoms with Crippen LogP contribution >= 0.6 is 11.6 Å². The smallest absolute Gasteiger partial charge is 0.230 e. The van der Waals surface area contributed by atoms with Crippen molar-refractivity contribution in [1.29, 1.82) is 0 Å². The van der Waals surface area contributed by atoms with Crippen LogP contribution in [-0.2, 0) is 16.8 Å². The van der Waals surface area contributed by atoms with Gasteiger partial charge in [-0.15, -0.1) is 0 Å². The number of nitrogens with one attached hydrogen (secondary N) is 1. The van der Waals surface area contributed by atoms with Gasteiger partial charge in [-0.2, -0.15) is 0 Å². The van der Waals surface area contributed by atoms with Gasteiger partial charge in [0.05, 0.1) is 11.7 Å². The van der Waals surface area contributed by atoms with Crippen molar-refractivity contribution in [1.82, 2.24) is 5.32 Å². The van der Waals surface area contributed by atoms with Crippen molar-refractivity contribution in [3.63, 3.8) is 0 Å². The Hall–Kier alpha value is -3.99. The Morgan fingerprint density at radius 2 is 1.45 bits per heavy atom. The molecule has 4 nitrogen and oxygen atoms in total. The van der Waals surface area contributed by atoms with E-state index in [1.54, 1.807) is 0 Å². The fraction of sp³-hybridized carbons (Fsp3) is 0.200. The fourth-order valence-electron chi connectivity index (χ4n) is 5.56. The van der Waals surface area contributed by atoms with Crippen LogP contribution < -0.4 is 5.32 Å². The molecule has 4 aromatic rings. The number of aliphatic imine (C=N–C) groups is 2. The minimum Gasteiger partial charge on any atom is -0.424 e. The zero-order chi connectivity index (χ0) is 27.5. The zero-order valence-electron chi connectivity index (χ0n) is 22.7. The summed E-state index contributed by atoms with van der Waals surface area (Å²) in [5.74, 6) is 1.35. The molecule has 0 radical (unpaired) electrons. The number of hydrogen-bond acceptors (Lipinski definition) is 4. The van der Waals surface area contributed by atoms with E-state index in [1.807, 2.05) is 42.5 Å². The molecule has 1 N–H and O–H groups in total. The van der Waals surface area contributed by atoms with Gasteiger partial charge < -0.3 is 10.1 Å². The van der Waals surface area contributed by atoms with E-state index >= 15 is 0 Å². The largest absolute Gasteiger partial charge is 0.424 e. The predicted octanol–water partition coefficient (Wildman–Crippen LogP) is 8.02. The van der Waals surface area contributed by atoms with Crippen LogP contribution in [0.2, 0.25) is 5.02 Å². The highest BCUT2D eigenvalue weighted by molar-refractivity contribution is 6.30. The second kappa shape index (κ2) is 11.2. The van der Waals surface area contributed by atoms with Gasteiger partial charge >= 0.3 is 0 Å². The van der Waals surface area contributed by atoms with Crippen LogP contribution in [0.1, 0.15) is 42.0 Å². The molecule has 200 valence electrons. The third-order valence-corrected chi connectivity index (χ3v) is 7.88. The molecule has 3 atom stereocenters. The SMILES string of the molecule is CC(C)C(NCc1ccccc1)C1=N[C@@]2(c3ccccc3)C(=NC(c3ccccc3)=C[C@H]2c2ccc(Cl)cc2)O1. The maximum Gasteiger partial charge on any atom is 0.230 e. The highest BCUT2D eigenvalue weighted by Gasteiger charge is 2.54. The molecule has 0 fully saturated rings. The van der Waals surface area contributed by atoms with E-state index in [9.17, 15) is 0 Å². The van der Waals surface area contributed by atoms with Gasteiger partial charge in [-0.25, -0.2) is 9.98 Å². The lowest BCUT2D eigenvalue weighted by Gasteiger charge is -2.35. The Kier molecular flexibility index (Phi) is 7.38. The Morgan fingerprint density at radius 3 is 2.10 bits per heavy atom. The second-order valence-corrected chi connectivity index (χ2v) is 11.1. The van der Waals surface area contributed by atoms with Gasteiger partial charge in [0.1, 0.15) is 0 Å². The number of fused-ring (bicyclic) bond motifs is 1. The lowest BCUT2D eigenvalue weighted by atomic mass is 9.72. The Bertz CT molecular complexity index is 1550. The predicted molar refractivity (Wildman–Crippen MR) is 165 cm³/mol. The van der Waals surface area contributed by atoms with Crippen LogP contribution in [0.4, 0.5) is 0 Å². The van der Waals surface area contributed by atoms with Crippen LogP contribution in [0.15, 0.2) is 131 Å². The van der Waals surface area contributed by atoms with Crippen molar-refractivity contribution in [2.75, 3.05) is 0 Å². The van der Waals surface area contributed by atoms with Crippen molar-refractivity contribution in [2.45, 2.75) is 37.9 Å². The molecule has 6 rings (SSSR count). The first-order valence-corrected chi connectivity index (χ1v) is 14.1. The Morgan fingerprint density at radius 1 is 0.825 bits per heavy atom. The number of ether oxygens (including phenoxy) is 1. The number of halogens is 1. The van der Waals surface area contributed by atoms with Crippen molar-refractivity contribution in [3.8, 4) is 0 Å². The summed E-state index contributed by atoms with van der Waals surface area (Å²) in [6.45, 7) is 5.10. The summed E-state index contributed by atoms with van der Waals surface area (Å²) in [6.07, 6.45) is 2.23. The van der Waals surface area contributed by atoms with Crippen LogP contribution in [0, 0.1) is 5.92 Å². The van der Waals surface area contributed by atoms with Gasteiger partial charge in [0.15, 0.2) is 5.54 Å². The van der Waals surface area contributed by atoms with Crippen molar-refractivity contribution >= 4 is 29.1 Å². The Labute approximate surface area is 241 Å². The lowest BCUT2D eigenvalue weighted by Crippen LogP contribution is -2.41. The molecular weight excluding hydrogens is 514 g/mol. The standard InChI is InChI=1S/C35H32ClN3O/c1-24(2)32(37-23-25-12-6-3-7-13-25)33-39-35(28-16-10-5-11-17-28)30(26-18-20-29(36)21-19-26)22-31(38-34(35)40-33)27-14-8-4-9-15-27/h3-22,24,30,32,37H,23H2,1-2H3/t30-,32?,35+/m0/s1. The topological polar surface area (TPSA) is 46.0 Å². The third-order valence-electron chi connectivity index (χ3n) is 7.62. The molecule has 0 saturated carbocycles. The number of rotatable bonds is 8. The first kappa shape index (κ1) is 26.2. The van der Waals surface area contributed by atoms with E-state index in [1.165, 1.54) is 5.56 Å². The highest BCUT2D eigenvalue weighted by Crippen LogP contribution is 2.50. The van der Waals surface area contributed by atoms with Crippen molar-refractivity contribution in [2.24, 2.45) is 15.9 Å². The quantitative estimate of drug-likeness (QED) is 0.244. The summed E-state index contributed by atoms with van der Waals surface area (Å²) in [6, 6.07) is 39.0. The normalized spacial score (nSPS) is 20.7. The molecule has 0 spiro atoms. The van der Waals surface area contributed by atoms with Crippen LogP contribution in [-0.4, -0.2) is 17.8 Å². The van der Waals surface area contributed by atoms with E-state index in [4.69, 9.17) is 26.3 Å². The third kappa shape index (κ3) is 5.01. The first-order valence-electron chi connectivity index (χ1n) is 13.8. The fourth-order valence-corrected chi connectivity index (χ4v) is 5.68. The van der Waals surface area contributed by atoms with Gasteiger partial charge in [-0.05, 0) is 46.4 Å². The van der Waals surface area contributed by atoms with E-state index in [0.717, 1.165) is 22.4 Å². The second-order valence-electron chi connectivity index (χ2n) is 10.6. The molecule has 40 heavy (non-hydrogen) atoms. The summed E-state index contributed by atoms with van der Waals surface area (Å²) in [5, 5.41) is 4.42. The average Bonchev–Trinajstić information content (AvgIpc) is 3.39. The molecule has 2 aliphatic rings. The van der Waals surface area contributed by atoms with Gasteiger partial charge in [-0.3, -0.25) is 0 Å². The lowest BCUT2D eigenvalue weighted by molar-refractivity contribution is 0.414. The highest BCUT2D eigenvalue weighted by atomic mass is 35.5. The molecule has 0 bridgehead atoms. The molecule has 2 aliphatic heterocycles. The molecule has 0 aliphatic carbocycles. The zero-order valence-corrected chi connectivity index (χ0v) is 23.4. The maximum absolute atomic E-state index is 6.73. The molecule has 0 aromatic heterocycles. The van der Waals surface area contributed by atoms with Gasteiger partial charge in [0.25, 0.3) is 0 Å². The number of benzene rings is 4. The molecule has 1 unspecified atom stereocenters. The monoisotopic (exact) mass is 545 g/mol. The molecule has 0 amide bonds. The minimum absolute atomic E-state index is 0.0971. The summed E-state index contributed by atoms with van der Waals surface area (Å²) < 4.78 is 6.73. The number of hydrogen-bond donors (Lipinski definition) is 1. The van der Waals surface area contributed by atoms with E-state index in [-0.39, 0.29) is 17.9 Å². The molecular formula is C35H32ClN3O. The molecule has 0 saturated heterocycles. The Balaban J connectivity index is 1.50. The summed E-state index contributed by atoms with van der Waals surface area (Å²) in [4.78, 5) is 10.6.